The van der Waals surface area contributed by atoms with Gasteiger partial charge in [0.25, 0.3) is 0 Å². The van der Waals surface area contributed by atoms with E-state index in [9.17, 15) is 14.0 Å². The molecule has 1 N–H and O–H groups in total. The van der Waals surface area contributed by atoms with Gasteiger partial charge in [-0.3, -0.25) is 9.59 Å². The highest BCUT2D eigenvalue weighted by molar-refractivity contribution is 6.12. The van der Waals surface area contributed by atoms with Crippen LogP contribution < -0.4 is 5.43 Å². The number of ketones is 1. The topological polar surface area (TPSA) is 76.1 Å². The van der Waals surface area contributed by atoms with Crippen LogP contribution in [0.1, 0.15) is 37.7 Å². The number of furan rings is 1. The Hall–Kier alpha value is -4.00. The van der Waals surface area contributed by atoms with Gasteiger partial charge in [-0.1, -0.05) is 6.07 Å². The fourth-order valence-electron chi connectivity index (χ4n) is 3.16. The Morgan fingerprint density at radius 3 is 2.62 bits per heavy atom. The number of carbonyl (C=O) groups is 2. The van der Waals surface area contributed by atoms with Crippen LogP contribution in [0, 0.1) is 12.7 Å². The molecule has 7 heteroatoms. The number of nitrogens with one attached hydrogen (secondary N) is 1. The third kappa shape index (κ3) is 3.45. The van der Waals surface area contributed by atoms with E-state index in [2.05, 4.69) is 10.5 Å². The Bertz CT molecular complexity index is 1220. The molecule has 0 spiro atoms. The Morgan fingerprint density at radius 1 is 1.10 bits per heavy atom. The van der Waals surface area contributed by atoms with E-state index < -0.39 is 11.7 Å². The van der Waals surface area contributed by atoms with Gasteiger partial charge in [-0.15, -0.1) is 0 Å². The van der Waals surface area contributed by atoms with Crippen molar-refractivity contribution in [2.75, 3.05) is 0 Å². The molecule has 3 aromatic heterocycles. The predicted molar refractivity (Wildman–Crippen MR) is 106 cm³/mol. The maximum atomic E-state index is 13.2. The first-order valence-electron chi connectivity index (χ1n) is 8.83. The molecule has 6 nitrogen and oxygen atoms in total. The van der Waals surface area contributed by atoms with Crippen molar-refractivity contribution in [2.24, 2.45) is 5.10 Å². The van der Waals surface area contributed by atoms with Crippen LogP contribution in [-0.2, 0) is 0 Å². The lowest BCUT2D eigenvalue weighted by atomic mass is 10.0. The second kappa shape index (κ2) is 7.55. The Morgan fingerprint density at radius 2 is 1.90 bits per heavy atom. The van der Waals surface area contributed by atoms with Gasteiger partial charge >= 0.3 is 5.91 Å². The van der Waals surface area contributed by atoms with E-state index in [-0.39, 0.29) is 11.5 Å². The number of hydrogen-bond donors (Lipinski definition) is 1. The van der Waals surface area contributed by atoms with Gasteiger partial charge in [-0.2, -0.15) is 5.10 Å². The third-order valence-electron chi connectivity index (χ3n) is 4.56. The summed E-state index contributed by atoms with van der Waals surface area (Å²) in [5.74, 6) is -0.968. The van der Waals surface area contributed by atoms with E-state index in [0.29, 0.717) is 22.4 Å². The van der Waals surface area contributed by atoms with Crippen LogP contribution in [0.2, 0.25) is 0 Å². The summed E-state index contributed by atoms with van der Waals surface area (Å²) in [6, 6.07) is 14.1. The van der Waals surface area contributed by atoms with Gasteiger partial charge in [-0.05, 0) is 61.0 Å². The van der Waals surface area contributed by atoms with Crippen molar-refractivity contribution >= 4 is 23.4 Å². The molecule has 0 saturated carbocycles. The smallest absolute Gasteiger partial charge is 0.307 e. The third-order valence-corrected chi connectivity index (χ3v) is 4.56. The van der Waals surface area contributed by atoms with Gasteiger partial charge in [0, 0.05) is 17.3 Å². The first-order valence-corrected chi connectivity index (χ1v) is 8.83. The summed E-state index contributed by atoms with van der Waals surface area (Å²) in [6.07, 6.45) is 4.67. The average molecular weight is 389 g/mol. The number of nitrogens with zero attached hydrogens (tertiary/aromatic N) is 2. The molecule has 4 aromatic rings. The van der Waals surface area contributed by atoms with Gasteiger partial charge in [-0.25, -0.2) is 9.82 Å². The van der Waals surface area contributed by atoms with Crippen molar-refractivity contribution in [3.05, 3.63) is 101 Å². The summed E-state index contributed by atoms with van der Waals surface area (Å²) in [5.41, 5.74) is 5.38. The summed E-state index contributed by atoms with van der Waals surface area (Å²) in [6.45, 7) is 1.81. The highest BCUT2D eigenvalue weighted by Crippen LogP contribution is 2.24. The lowest BCUT2D eigenvalue weighted by Crippen LogP contribution is -2.16. The van der Waals surface area contributed by atoms with Crippen molar-refractivity contribution in [3.8, 4) is 0 Å². The van der Waals surface area contributed by atoms with Gasteiger partial charge in [0.15, 0.2) is 5.76 Å². The van der Waals surface area contributed by atoms with E-state index in [4.69, 9.17) is 4.42 Å². The first-order chi connectivity index (χ1) is 14.1. The highest BCUT2D eigenvalue weighted by Gasteiger charge is 2.21. The monoisotopic (exact) mass is 389 g/mol. The molecule has 0 atom stereocenters. The van der Waals surface area contributed by atoms with Gasteiger partial charge in [0.1, 0.15) is 5.82 Å². The molecule has 144 valence electrons. The number of hydrogen-bond acceptors (Lipinski definition) is 4. The van der Waals surface area contributed by atoms with Crippen LogP contribution in [-0.4, -0.2) is 22.3 Å². The fraction of sp³-hybridized carbons (Fsp3) is 0.0455. The van der Waals surface area contributed by atoms with Crippen molar-refractivity contribution in [1.29, 1.82) is 0 Å². The number of amides is 1. The molecule has 3 heterocycles. The number of hydrazone groups is 1. The Labute approximate surface area is 165 Å². The molecule has 0 fully saturated rings. The summed E-state index contributed by atoms with van der Waals surface area (Å²) >= 11 is 0. The number of carbonyl (C=O) groups excluding carboxylic acids is 2. The van der Waals surface area contributed by atoms with Crippen molar-refractivity contribution in [1.82, 2.24) is 9.83 Å². The minimum absolute atomic E-state index is 0.146. The largest absolute Gasteiger partial charge is 0.459 e. The molecule has 0 radical (unpaired) electrons. The molecule has 1 amide bonds. The number of benzene rings is 1. The molecule has 0 aliphatic heterocycles. The quantitative estimate of drug-likeness (QED) is 0.319. The van der Waals surface area contributed by atoms with Crippen molar-refractivity contribution < 1.29 is 18.4 Å². The van der Waals surface area contributed by atoms with E-state index in [0.717, 1.165) is 5.52 Å². The van der Waals surface area contributed by atoms with Crippen LogP contribution in [0.15, 0.2) is 76.6 Å². The average Bonchev–Trinajstić information content (AvgIpc) is 3.35. The number of fused-ring (bicyclic) bond motifs is 1. The van der Waals surface area contributed by atoms with E-state index in [1.54, 1.807) is 23.6 Å². The van der Waals surface area contributed by atoms with Crippen LogP contribution in [0.4, 0.5) is 4.39 Å². The second-order valence-electron chi connectivity index (χ2n) is 6.36. The van der Waals surface area contributed by atoms with Gasteiger partial charge in [0.05, 0.1) is 23.7 Å². The predicted octanol–water partition coefficient (Wildman–Crippen LogP) is 3.97. The Kier molecular flexibility index (Phi) is 4.78. The van der Waals surface area contributed by atoms with Crippen molar-refractivity contribution in [2.45, 2.75) is 6.92 Å². The van der Waals surface area contributed by atoms with Crippen molar-refractivity contribution in [3.63, 3.8) is 0 Å². The first kappa shape index (κ1) is 18.4. The molecule has 0 saturated heterocycles. The molecule has 0 bridgehead atoms. The van der Waals surface area contributed by atoms with Crippen LogP contribution in [0.3, 0.4) is 0 Å². The minimum atomic E-state index is -0.477. The lowest BCUT2D eigenvalue weighted by Gasteiger charge is -2.04. The number of rotatable bonds is 5. The maximum absolute atomic E-state index is 13.2. The highest BCUT2D eigenvalue weighted by atomic mass is 19.1. The van der Waals surface area contributed by atoms with Gasteiger partial charge < -0.3 is 8.82 Å². The fourth-order valence-corrected chi connectivity index (χ4v) is 3.16. The zero-order valence-corrected chi connectivity index (χ0v) is 15.4. The van der Waals surface area contributed by atoms with E-state index in [1.807, 2.05) is 18.2 Å². The second-order valence-corrected chi connectivity index (χ2v) is 6.36. The molecule has 29 heavy (non-hydrogen) atoms. The van der Waals surface area contributed by atoms with Gasteiger partial charge in [0.2, 0.25) is 5.78 Å². The summed E-state index contributed by atoms with van der Waals surface area (Å²) in [5, 5.41) is 4.01. The van der Waals surface area contributed by atoms with Crippen LogP contribution in [0.5, 0.6) is 0 Å². The summed E-state index contributed by atoms with van der Waals surface area (Å²) in [4.78, 5) is 25.0. The lowest BCUT2D eigenvalue weighted by molar-refractivity contribution is 0.0927. The van der Waals surface area contributed by atoms with Crippen LogP contribution >= 0.6 is 0 Å². The summed E-state index contributed by atoms with van der Waals surface area (Å²) < 4.78 is 20.0. The van der Waals surface area contributed by atoms with Crippen LogP contribution in [0.25, 0.3) is 5.52 Å². The molecule has 0 aliphatic carbocycles. The molecule has 0 unspecified atom stereocenters. The molecule has 0 aliphatic rings. The molecular formula is C22H16FN3O3. The zero-order chi connectivity index (χ0) is 20.4. The SMILES string of the molecule is Cc1c(/C=N\NC(=O)c2ccco2)c2ccccn2c1C(=O)c1ccc(F)cc1. The molecule has 1 aromatic carbocycles. The Balaban J connectivity index is 1.71. The molecular weight excluding hydrogens is 373 g/mol. The zero-order valence-electron chi connectivity index (χ0n) is 15.4. The van der Waals surface area contributed by atoms with E-state index >= 15 is 0 Å². The normalized spacial score (nSPS) is 11.2. The van der Waals surface area contributed by atoms with E-state index in [1.165, 1.54) is 42.8 Å². The number of pyridine rings is 1. The number of halogens is 1. The minimum Gasteiger partial charge on any atom is -0.459 e. The molecule has 4 rings (SSSR count). The summed E-state index contributed by atoms with van der Waals surface area (Å²) in [7, 11) is 0. The maximum Gasteiger partial charge on any atom is 0.307 e. The standard InChI is InChI=1S/C22H16FN3O3/c1-14-17(13-24-25-22(28)19-6-4-12-29-19)18-5-2-3-11-26(18)20(14)21(27)15-7-9-16(23)10-8-15/h2-13H,1H3,(H,25,28)/b24-13-. The number of aromatic nitrogens is 1.